The van der Waals surface area contributed by atoms with Gasteiger partial charge in [0.05, 0.1) is 36.6 Å². The highest BCUT2D eigenvalue weighted by Crippen LogP contribution is 2.41. The molecule has 0 spiro atoms. The Bertz CT molecular complexity index is 1460. The Balaban J connectivity index is 1.44. The number of thioether (sulfide) groups is 1. The summed E-state index contributed by atoms with van der Waals surface area (Å²) in [6.07, 6.45) is 6.70. The third-order valence-corrected chi connectivity index (χ3v) is 7.70. The zero-order valence-electron chi connectivity index (χ0n) is 21.7. The average Bonchev–Trinajstić information content (AvgIpc) is 3.45. The molecule has 9 nitrogen and oxygen atoms in total. The Morgan fingerprint density at radius 1 is 1.24 bits per heavy atom. The predicted octanol–water partition coefficient (Wildman–Crippen LogP) is 5.29. The molecule has 2 heterocycles. The van der Waals surface area contributed by atoms with E-state index in [-0.39, 0.29) is 36.1 Å². The minimum absolute atomic E-state index is 0.152. The number of rotatable bonds is 10. The molecule has 0 bridgehead atoms. The van der Waals surface area contributed by atoms with Crippen LogP contribution in [0.25, 0.3) is 6.08 Å². The molecule has 0 radical (unpaired) electrons. The molecule has 2 aromatic carbocycles. The van der Waals surface area contributed by atoms with Gasteiger partial charge in [-0.1, -0.05) is 24.3 Å². The summed E-state index contributed by atoms with van der Waals surface area (Å²) in [4.78, 5) is 15.7. The number of allylic oxidation sites excluding steroid dienone is 2. The molecule has 1 fully saturated rings. The number of hydrogen-bond acceptors (Lipinski definition) is 8. The first-order chi connectivity index (χ1) is 19.7. The van der Waals surface area contributed by atoms with Crippen molar-refractivity contribution in [1.82, 2.24) is 14.8 Å². The molecule has 1 N–H and O–H groups in total. The molecule has 1 aliphatic heterocycles. The lowest BCUT2D eigenvalue weighted by molar-refractivity contribution is -0.146. The highest BCUT2D eigenvalue weighted by molar-refractivity contribution is 8.00. The fourth-order valence-electron chi connectivity index (χ4n) is 4.28. The van der Waals surface area contributed by atoms with Gasteiger partial charge in [0.2, 0.25) is 0 Å². The molecule has 214 valence electrons. The second-order valence-electron chi connectivity index (χ2n) is 9.00. The first kappa shape index (κ1) is 29.9. The minimum atomic E-state index is -1.80. The Morgan fingerprint density at radius 3 is 2.66 bits per heavy atom. The molecule has 0 saturated carbocycles. The van der Waals surface area contributed by atoms with Crippen molar-refractivity contribution in [3.8, 4) is 6.07 Å². The number of carboxylic acid groups (broad SMARTS) is 1. The van der Waals surface area contributed by atoms with Gasteiger partial charge in [0.25, 0.3) is 0 Å². The van der Waals surface area contributed by atoms with E-state index in [9.17, 15) is 18.7 Å². The van der Waals surface area contributed by atoms with Crippen LogP contribution in [0.2, 0.25) is 0 Å². The maximum atomic E-state index is 15.1. The van der Waals surface area contributed by atoms with Gasteiger partial charge in [-0.25, -0.2) is 27.6 Å². The van der Waals surface area contributed by atoms with Crippen LogP contribution in [-0.4, -0.2) is 56.0 Å². The van der Waals surface area contributed by atoms with Gasteiger partial charge in [-0.05, 0) is 37.3 Å². The lowest BCUT2D eigenvalue weighted by Crippen LogP contribution is -2.47. The number of benzene rings is 2. The number of ether oxygens (including phenoxy) is 3. The maximum Gasteiger partial charge on any atom is 0.506 e. The summed E-state index contributed by atoms with van der Waals surface area (Å²) in [5, 5.41) is 21.5. The topological polar surface area (TPSA) is 119 Å². The van der Waals surface area contributed by atoms with Crippen molar-refractivity contribution in [1.29, 1.82) is 5.26 Å². The Hall–Kier alpha value is -4.12. The first-order valence-corrected chi connectivity index (χ1v) is 13.3. The van der Waals surface area contributed by atoms with E-state index < -0.39 is 40.7 Å². The normalized spacial score (nSPS) is 19.6. The van der Waals surface area contributed by atoms with E-state index in [0.29, 0.717) is 11.6 Å². The van der Waals surface area contributed by atoms with Crippen LogP contribution in [0.4, 0.5) is 18.0 Å². The van der Waals surface area contributed by atoms with Crippen LogP contribution in [-0.2, 0) is 26.4 Å². The summed E-state index contributed by atoms with van der Waals surface area (Å²) < 4.78 is 61.0. The van der Waals surface area contributed by atoms with E-state index in [2.05, 4.69) is 10.1 Å². The van der Waals surface area contributed by atoms with Crippen LogP contribution in [0.3, 0.4) is 0 Å². The molecule has 1 aromatic heterocycles. The smallest absolute Gasteiger partial charge is 0.450 e. The quantitative estimate of drug-likeness (QED) is 0.250. The predicted molar refractivity (Wildman–Crippen MR) is 143 cm³/mol. The standard InChI is InChI=1S/C28H25F3N4O5S/c1-18(28(40-27(36)37,15-35-17-33-16-34-35)23-9-8-21(29)11-25(23)31)41-22-13-38-26(39-14-22)5-3-2-4-20-7-6-19(12-32)10-24(20)30/h2-11,16-18,22,26H,13-15H2,1H3,(H,36,37)/t18-,22?,26?,28-/m1/s1. The summed E-state index contributed by atoms with van der Waals surface area (Å²) >= 11 is 1.27. The van der Waals surface area contributed by atoms with Crippen molar-refractivity contribution < 1.29 is 37.3 Å². The number of halogens is 3. The summed E-state index contributed by atoms with van der Waals surface area (Å²) in [6.45, 7) is 1.89. The molecule has 41 heavy (non-hydrogen) atoms. The molecular weight excluding hydrogens is 561 g/mol. The summed E-state index contributed by atoms with van der Waals surface area (Å²) in [5.41, 5.74) is -1.40. The van der Waals surface area contributed by atoms with Crippen LogP contribution in [0.1, 0.15) is 23.6 Å². The summed E-state index contributed by atoms with van der Waals surface area (Å²) in [6, 6.07) is 8.92. The number of hydrogen-bond donors (Lipinski definition) is 1. The van der Waals surface area contributed by atoms with Gasteiger partial charge < -0.3 is 19.3 Å². The average molecular weight is 587 g/mol. The van der Waals surface area contributed by atoms with E-state index in [4.69, 9.17) is 19.5 Å². The second kappa shape index (κ2) is 13.5. The van der Waals surface area contributed by atoms with Gasteiger partial charge in [0.15, 0.2) is 11.9 Å². The van der Waals surface area contributed by atoms with E-state index in [0.717, 1.165) is 18.2 Å². The van der Waals surface area contributed by atoms with Gasteiger partial charge in [0, 0.05) is 22.4 Å². The largest absolute Gasteiger partial charge is 0.506 e. The zero-order valence-corrected chi connectivity index (χ0v) is 22.5. The lowest BCUT2D eigenvalue weighted by Gasteiger charge is -2.39. The van der Waals surface area contributed by atoms with Gasteiger partial charge in [0.1, 0.15) is 30.1 Å². The van der Waals surface area contributed by atoms with Crippen LogP contribution >= 0.6 is 11.8 Å². The van der Waals surface area contributed by atoms with Crippen molar-refractivity contribution >= 4 is 24.0 Å². The van der Waals surface area contributed by atoms with Crippen molar-refractivity contribution in [2.75, 3.05) is 13.2 Å². The first-order valence-electron chi connectivity index (χ1n) is 12.3. The van der Waals surface area contributed by atoms with Crippen molar-refractivity contribution in [3.63, 3.8) is 0 Å². The lowest BCUT2D eigenvalue weighted by atomic mass is 9.89. The third-order valence-electron chi connectivity index (χ3n) is 6.25. The van der Waals surface area contributed by atoms with Gasteiger partial charge in [-0.15, -0.1) is 11.8 Å². The van der Waals surface area contributed by atoms with Gasteiger partial charge in [-0.2, -0.15) is 10.4 Å². The van der Waals surface area contributed by atoms with Gasteiger partial charge in [-0.3, -0.25) is 0 Å². The molecule has 1 aliphatic rings. The number of aromatic nitrogens is 3. The van der Waals surface area contributed by atoms with Crippen molar-refractivity contribution in [2.24, 2.45) is 0 Å². The maximum absolute atomic E-state index is 15.1. The number of nitrogens with zero attached hydrogens (tertiary/aromatic N) is 4. The van der Waals surface area contributed by atoms with Crippen molar-refractivity contribution in [3.05, 3.63) is 101 Å². The molecular formula is C28H25F3N4O5S. The Labute approximate surface area is 237 Å². The molecule has 0 unspecified atom stereocenters. The molecule has 3 aromatic rings. The molecule has 0 aliphatic carbocycles. The third kappa shape index (κ3) is 7.55. The highest BCUT2D eigenvalue weighted by atomic mass is 32.2. The zero-order chi connectivity index (χ0) is 29.4. The fraction of sp³-hybridized carbons (Fsp3) is 0.286. The van der Waals surface area contributed by atoms with Crippen molar-refractivity contribution in [2.45, 2.75) is 35.9 Å². The van der Waals surface area contributed by atoms with E-state index >= 15 is 4.39 Å². The minimum Gasteiger partial charge on any atom is -0.450 e. The van der Waals surface area contributed by atoms with Crippen LogP contribution in [0.5, 0.6) is 0 Å². The fourth-order valence-corrected chi connectivity index (χ4v) is 5.64. The number of nitriles is 1. The molecule has 1 saturated heterocycles. The number of carbonyl (C=O) groups is 1. The van der Waals surface area contributed by atoms with E-state index in [1.807, 2.05) is 6.07 Å². The van der Waals surface area contributed by atoms with E-state index in [1.165, 1.54) is 41.2 Å². The summed E-state index contributed by atoms with van der Waals surface area (Å²) in [5.74, 6) is -2.30. The Kier molecular flexibility index (Phi) is 9.82. The molecule has 0 amide bonds. The Morgan fingerprint density at radius 2 is 2.02 bits per heavy atom. The van der Waals surface area contributed by atoms with Crippen LogP contribution in [0, 0.1) is 28.8 Å². The molecule has 4 rings (SSSR count). The molecule has 13 heteroatoms. The second-order valence-corrected chi connectivity index (χ2v) is 10.6. The SMILES string of the molecule is C[C@@H](SC1COC(C=CC=Cc2ccc(C#N)cc2F)OC1)[C@@](Cn1cncn1)(OC(=O)O)c1ccc(F)cc1F. The van der Waals surface area contributed by atoms with Crippen LogP contribution < -0.4 is 0 Å². The monoisotopic (exact) mass is 586 g/mol. The van der Waals surface area contributed by atoms with E-state index in [1.54, 1.807) is 31.2 Å². The highest BCUT2D eigenvalue weighted by Gasteiger charge is 2.47. The van der Waals surface area contributed by atoms with Gasteiger partial charge >= 0.3 is 6.16 Å². The summed E-state index contributed by atoms with van der Waals surface area (Å²) in [7, 11) is 0. The van der Waals surface area contributed by atoms with Crippen LogP contribution in [0.15, 0.2) is 67.3 Å². The molecule has 2 atom stereocenters.